The van der Waals surface area contributed by atoms with Crippen LogP contribution in [-0.2, 0) is 4.79 Å². The molecule has 1 amide bonds. The standard InChI is InChI=1S/C21H27N3O2/c1-4-23(5-2)13-12-21(25)24-19(17-10-8-16(3)9-11-17)15-18(22-24)20-7-6-14-26-20/h6-11,14,19H,4-5,12-13,15H2,1-3H3/t19-/m0/s1. The Bertz CT molecular complexity index is 746. The van der Waals surface area contributed by atoms with Gasteiger partial charge in [0.25, 0.3) is 0 Å². The van der Waals surface area contributed by atoms with Crippen molar-refractivity contribution < 1.29 is 9.21 Å². The number of amides is 1. The highest BCUT2D eigenvalue weighted by Crippen LogP contribution is 2.33. The van der Waals surface area contributed by atoms with Gasteiger partial charge in [-0.05, 0) is 37.7 Å². The Morgan fingerprint density at radius 3 is 2.58 bits per heavy atom. The van der Waals surface area contributed by atoms with Crippen LogP contribution in [0.5, 0.6) is 0 Å². The fourth-order valence-corrected chi connectivity index (χ4v) is 3.29. The molecule has 0 fully saturated rings. The van der Waals surface area contributed by atoms with Gasteiger partial charge in [0.2, 0.25) is 5.91 Å². The Hall–Kier alpha value is -2.40. The van der Waals surface area contributed by atoms with Crippen LogP contribution in [0, 0.1) is 6.92 Å². The smallest absolute Gasteiger partial charge is 0.244 e. The minimum absolute atomic E-state index is 0.0593. The third kappa shape index (κ3) is 4.05. The molecule has 5 heteroatoms. The van der Waals surface area contributed by atoms with Crippen molar-refractivity contribution in [3.63, 3.8) is 0 Å². The van der Waals surface area contributed by atoms with Crippen molar-refractivity contribution in [2.45, 2.75) is 39.7 Å². The quantitative estimate of drug-likeness (QED) is 0.756. The number of furan rings is 1. The van der Waals surface area contributed by atoms with Crippen LogP contribution in [0.25, 0.3) is 0 Å². The second-order valence-corrected chi connectivity index (χ2v) is 6.67. The monoisotopic (exact) mass is 353 g/mol. The van der Waals surface area contributed by atoms with Gasteiger partial charge in [-0.25, -0.2) is 5.01 Å². The van der Waals surface area contributed by atoms with Crippen molar-refractivity contribution in [1.82, 2.24) is 9.91 Å². The van der Waals surface area contributed by atoms with Crippen molar-refractivity contribution in [2.24, 2.45) is 5.10 Å². The number of rotatable bonds is 7. The van der Waals surface area contributed by atoms with Gasteiger partial charge in [-0.2, -0.15) is 5.10 Å². The first-order valence-electron chi connectivity index (χ1n) is 9.34. The number of hydrogen-bond acceptors (Lipinski definition) is 4. The Morgan fingerprint density at radius 2 is 1.96 bits per heavy atom. The van der Waals surface area contributed by atoms with Crippen molar-refractivity contribution in [3.8, 4) is 0 Å². The van der Waals surface area contributed by atoms with E-state index in [-0.39, 0.29) is 11.9 Å². The van der Waals surface area contributed by atoms with Gasteiger partial charge in [-0.15, -0.1) is 0 Å². The van der Waals surface area contributed by atoms with E-state index in [4.69, 9.17) is 4.42 Å². The summed E-state index contributed by atoms with van der Waals surface area (Å²) in [5.74, 6) is 0.796. The molecule has 138 valence electrons. The predicted molar refractivity (Wildman–Crippen MR) is 103 cm³/mol. The highest BCUT2D eigenvalue weighted by Gasteiger charge is 2.33. The third-order valence-electron chi connectivity index (χ3n) is 4.97. The first-order valence-corrected chi connectivity index (χ1v) is 9.34. The molecule has 2 aromatic rings. The fraction of sp³-hybridized carbons (Fsp3) is 0.429. The summed E-state index contributed by atoms with van der Waals surface area (Å²) in [6.45, 7) is 8.96. The van der Waals surface area contributed by atoms with Gasteiger partial charge >= 0.3 is 0 Å². The maximum atomic E-state index is 12.9. The SMILES string of the molecule is CCN(CC)CCC(=O)N1N=C(c2ccco2)C[C@H]1c1ccc(C)cc1. The van der Waals surface area contributed by atoms with E-state index in [2.05, 4.69) is 55.0 Å². The van der Waals surface area contributed by atoms with Crippen LogP contribution in [0.1, 0.15) is 49.6 Å². The number of aryl methyl sites for hydroxylation is 1. The van der Waals surface area contributed by atoms with Crippen molar-refractivity contribution in [1.29, 1.82) is 0 Å². The Morgan fingerprint density at radius 1 is 1.23 bits per heavy atom. The summed E-state index contributed by atoms with van der Waals surface area (Å²) in [5, 5.41) is 6.29. The molecule has 3 rings (SSSR count). The maximum absolute atomic E-state index is 12.9. The molecule has 0 saturated carbocycles. The molecule has 1 aromatic heterocycles. The molecule has 0 radical (unpaired) electrons. The molecule has 1 aliphatic rings. The lowest BCUT2D eigenvalue weighted by atomic mass is 9.99. The van der Waals surface area contributed by atoms with Crippen molar-refractivity contribution >= 4 is 11.6 Å². The molecule has 0 saturated heterocycles. The molecule has 26 heavy (non-hydrogen) atoms. The van der Waals surface area contributed by atoms with Crippen LogP contribution >= 0.6 is 0 Å². The minimum atomic E-state index is -0.0695. The van der Waals surface area contributed by atoms with Crippen molar-refractivity contribution in [2.75, 3.05) is 19.6 Å². The summed E-state index contributed by atoms with van der Waals surface area (Å²) in [7, 11) is 0. The van der Waals surface area contributed by atoms with Gasteiger partial charge in [0.15, 0.2) is 0 Å². The van der Waals surface area contributed by atoms with E-state index in [1.165, 1.54) is 5.56 Å². The summed E-state index contributed by atoms with van der Waals surface area (Å²) in [5.41, 5.74) is 3.15. The van der Waals surface area contributed by atoms with Crippen molar-refractivity contribution in [3.05, 3.63) is 59.5 Å². The highest BCUT2D eigenvalue weighted by atomic mass is 16.3. The second-order valence-electron chi connectivity index (χ2n) is 6.67. The number of benzene rings is 1. The molecule has 1 aromatic carbocycles. The first-order chi connectivity index (χ1) is 12.6. The zero-order chi connectivity index (χ0) is 18.5. The normalized spacial score (nSPS) is 17.0. The molecule has 1 aliphatic heterocycles. The first kappa shape index (κ1) is 18.4. The fourth-order valence-electron chi connectivity index (χ4n) is 3.29. The molecular formula is C21H27N3O2. The highest BCUT2D eigenvalue weighted by molar-refractivity contribution is 6.01. The maximum Gasteiger partial charge on any atom is 0.244 e. The van der Waals surface area contributed by atoms with E-state index in [0.717, 1.165) is 36.7 Å². The number of hydrazone groups is 1. The Labute approximate surface area is 155 Å². The lowest BCUT2D eigenvalue weighted by Gasteiger charge is -2.24. The van der Waals surface area contributed by atoms with E-state index in [9.17, 15) is 4.79 Å². The molecule has 0 aliphatic carbocycles. The van der Waals surface area contributed by atoms with E-state index >= 15 is 0 Å². The lowest BCUT2D eigenvalue weighted by Crippen LogP contribution is -2.32. The van der Waals surface area contributed by atoms with Gasteiger partial charge in [0.05, 0.1) is 12.3 Å². The molecule has 0 unspecified atom stereocenters. The van der Waals surface area contributed by atoms with Gasteiger partial charge in [0.1, 0.15) is 11.5 Å². The summed E-state index contributed by atoms with van der Waals surface area (Å²) in [6, 6.07) is 12.0. The summed E-state index contributed by atoms with van der Waals surface area (Å²) < 4.78 is 5.50. The van der Waals surface area contributed by atoms with Crippen LogP contribution in [-0.4, -0.2) is 41.2 Å². The molecule has 0 spiro atoms. The molecular weight excluding hydrogens is 326 g/mol. The molecule has 0 N–H and O–H groups in total. The number of hydrogen-bond donors (Lipinski definition) is 0. The number of carbonyl (C=O) groups is 1. The van der Waals surface area contributed by atoms with E-state index < -0.39 is 0 Å². The number of nitrogens with zero attached hydrogens (tertiary/aromatic N) is 3. The average molecular weight is 353 g/mol. The van der Waals surface area contributed by atoms with Gasteiger partial charge in [0, 0.05) is 19.4 Å². The average Bonchev–Trinajstić information content (AvgIpc) is 3.32. The van der Waals surface area contributed by atoms with E-state index in [0.29, 0.717) is 12.8 Å². The van der Waals surface area contributed by atoms with Gasteiger partial charge in [-0.1, -0.05) is 43.7 Å². The second kappa shape index (κ2) is 8.32. The van der Waals surface area contributed by atoms with Crippen LogP contribution in [0.4, 0.5) is 0 Å². The largest absolute Gasteiger partial charge is 0.463 e. The third-order valence-corrected chi connectivity index (χ3v) is 4.97. The Kier molecular flexibility index (Phi) is 5.89. The Balaban J connectivity index is 1.81. The van der Waals surface area contributed by atoms with Gasteiger partial charge < -0.3 is 9.32 Å². The van der Waals surface area contributed by atoms with Crippen LogP contribution < -0.4 is 0 Å². The molecule has 5 nitrogen and oxygen atoms in total. The topological polar surface area (TPSA) is 49.1 Å². The molecule has 1 atom stereocenters. The summed E-state index contributed by atoms with van der Waals surface area (Å²) in [6.07, 6.45) is 2.79. The number of carbonyl (C=O) groups excluding carboxylic acids is 1. The van der Waals surface area contributed by atoms with E-state index in [1.807, 2.05) is 12.1 Å². The van der Waals surface area contributed by atoms with Gasteiger partial charge in [-0.3, -0.25) is 4.79 Å². The van der Waals surface area contributed by atoms with E-state index in [1.54, 1.807) is 11.3 Å². The zero-order valence-corrected chi connectivity index (χ0v) is 15.8. The predicted octanol–water partition coefficient (Wildman–Crippen LogP) is 4.00. The van der Waals surface area contributed by atoms with Crippen LogP contribution in [0.2, 0.25) is 0 Å². The van der Waals surface area contributed by atoms with Crippen LogP contribution in [0.15, 0.2) is 52.2 Å². The molecule has 2 heterocycles. The lowest BCUT2D eigenvalue weighted by molar-refractivity contribution is -0.133. The molecule has 0 bridgehead atoms. The summed E-state index contributed by atoms with van der Waals surface area (Å²) >= 11 is 0. The summed E-state index contributed by atoms with van der Waals surface area (Å²) in [4.78, 5) is 15.2. The minimum Gasteiger partial charge on any atom is -0.463 e. The van der Waals surface area contributed by atoms with Crippen LogP contribution in [0.3, 0.4) is 0 Å². The zero-order valence-electron chi connectivity index (χ0n) is 15.8.